The average Bonchev–Trinajstić information content (AvgIpc) is 3.16. The Morgan fingerprint density at radius 3 is 2.81 bits per heavy atom. The van der Waals surface area contributed by atoms with Crippen molar-refractivity contribution >= 4 is 27.8 Å². The van der Waals surface area contributed by atoms with Crippen LogP contribution in [0.15, 0.2) is 50.5 Å². The van der Waals surface area contributed by atoms with Crippen molar-refractivity contribution in [3.05, 3.63) is 58.2 Å². The van der Waals surface area contributed by atoms with Gasteiger partial charge >= 0.3 is 0 Å². The predicted octanol–water partition coefficient (Wildman–Crippen LogP) is 2.99. The van der Waals surface area contributed by atoms with Crippen molar-refractivity contribution in [1.29, 1.82) is 0 Å². The minimum Gasteiger partial charge on any atom is -0.467 e. The summed E-state index contributed by atoms with van der Waals surface area (Å²) >= 11 is 3.25. The molecule has 8 heteroatoms. The molecule has 0 unspecified atom stereocenters. The smallest absolute Gasteiger partial charge is 0.242 e. The average molecular weight is 439 g/mol. The molecule has 0 radical (unpaired) electrons. The van der Waals surface area contributed by atoms with E-state index in [0.29, 0.717) is 43.3 Å². The van der Waals surface area contributed by atoms with E-state index in [1.807, 2.05) is 13.0 Å². The molecule has 146 valence electrons. The Balaban J connectivity index is 1.73. The van der Waals surface area contributed by atoms with Gasteiger partial charge in [0.05, 0.1) is 12.8 Å². The Morgan fingerprint density at radius 1 is 1.26 bits per heavy atom. The Morgan fingerprint density at radius 2 is 2.11 bits per heavy atom. The molecule has 1 aromatic heterocycles. The second-order valence-electron chi connectivity index (χ2n) is 5.82. The maximum atomic E-state index is 13.8. The van der Waals surface area contributed by atoms with Crippen LogP contribution in [0.5, 0.6) is 0 Å². The molecule has 0 saturated carbocycles. The first-order valence-electron chi connectivity index (χ1n) is 8.83. The van der Waals surface area contributed by atoms with Crippen molar-refractivity contribution in [3.63, 3.8) is 0 Å². The Hall–Kier alpha value is -2.35. The number of furan rings is 1. The van der Waals surface area contributed by atoms with Gasteiger partial charge < -0.3 is 20.4 Å². The lowest BCUT2D eigenvalue weighted by Crippen LogP contribution is -2.39. The number of nitrogens with zero attached hydrogens (tertiary/aromatic N) is 1. The quantitative estimate of drug-likeness (QED) is 0.319. The lowest BCUT2D eigenvalue weighted by atomic mass is 10.1. The number of hydrogen-bond acceptors (Lipinski definition) is 3. The highest BCUT2D eigenvalue weighted by Gasteiger charge is 2.05. The molecule has 0 fully saturated rings. The van der Waals surface area contributed by atoms with Crippen molar-refractivity contribution < 1.29 is 13.6 Å². The van der Waals surface area contributed by atoms with Gasteiger partial charge in [-0.25, -0.2) is 9.38 Å². The summed E-state index contributed by atoms with van der Waals surface area (Å²) in [4.78, 5) is 16.1. The van der Waals surface area contributed by atoms with E-state index in [1.165, 1.54) is 6.07 Å². The van der Waals surface area contributed by atoms with E-state index in [-0.39, 0.29) is 18.3 Å². The Kier molecular flexibility index (Phi) is 8.83. The highest BCUT2D eigenvalue weighted by Crippen LogP contribution is 2.16. The fourth-order valence-corrected chi connectivity index (χ4v) is 2.69. The number of halogens is 2. The molecule has 6 nitrogen and oxygen atoms in total. The molecular formula is C19H24BrFN4O2. The van der Waals surface area contributed by atoms with Gasteiger partial charge in [-0.15, -0.1) is 0 Å². The topological polar surface area (TPSA) is 78.7 Å². The maximum Gasteiger partial charge on any atom is 0.242 e. The summed E-state index contributed by atoms with van der Waals surface area (Å²) in [6, 6.07) is 8.65. The van der Waals surface area contributed by atoms with Crippen molar-refractivity contribution in [1.82, 2.24) is 16.0 Å². The first kappa shape index (κ1) is 21.0. The molecule has 27 heavy (non-hydrogen) atoms. The van der Waals surface area contributed by atoms with Gasteiger partial charge in [0.15, 0.2) is 5.96 Å². The molecule has 1 heterocycles. The van der Waals surface area contributed by atoms with Gasteiger partial charge in [0, 0.05) is 17.6 Å². The zero-order valence-corrected chi connectivity index (χ0v) is 16.8. The van der Waals surface area contributed by atoms with Gasteiger partial charge in [0.25, 0.3) is 0 Å². The summed E-state index contributed by atoms with van der Waals surface area (Å²) < 4.78 is 19.7. The van der Waals surface area contributed by atoms with Crippen LogP contribution in [0.4, 0.5) is 4.39 Å². The monoisotopic (exact) mass is 438 g/mol. The van der Waals surface area contributed by atoms with E-state index in [2.05, 4.69) is 36.9 Å². The van der Waals surface area contributed by atoms with E-state index in [4.69, 9.17) is 4.42 Å². The maximum absolute atomic E-state index is 13.8. The van der Waals surface area contributed by atoms with Crippen LogP contribution in [0, 0.1) is 5.82 Å². The van der Waals surface area contributed by atoms with Gasteiger partial charge in [-0.1, -0.05) is 22.0 Å². The van der Waals surface area contributed by atoms with Gasteiger partial charge in [0.2, 0.25) is 5.91 Å². The largest absolute Gasteiger partial charge is 0.467 e. The number of carbonyl (C=O) groups excluding carboxylic acids is 1. The Bertz CT molecular complexity index is 750. The normalized spacial score (nSPS) is 11.3. The third-order valence-corrected chi connectivity index (χ3v) is 4.19. The van der Waals surface area contributed by atoms with Gasteiger partial charge in [-0.3, -0.25) is 4.79 Å². The van der Waals surface area contributed by atoms with Crippen LogP contribution in [0.25, 0.3) is 0 Å². The van der Waals surface area contributed by atoms with E-state index >= 15 is 0 Å². The number of nitrogens with one attached hydrogen (secondary N) is 3. The van der Waals surface area contributed by atoms with Gasteiger partial charge in [0.1, 0.15) is 18.1 Å². The molecule has 2 rings (SSSR count). The summed E-state index contributed by atoms with van der Waals surface area (Å²) in [5, 5.41) is 8.98. The van der Waals surface area contributed by atoms with E-state index in [1.54, 1.807) is 24.5 Å². The van der Waals surface area contributed by atoms with Crippen molar-refractivity contribution in [3.8, 4) is 0 Å². The number of hydrogen-bond donors (Lipinski definition) is 3. The zero-order valence-electron chi connectivity index (χ0n) is 15.2. The highest BCUT2D eigenvalue weighted by molar-refractivity contribution is 9.10. The summed E-state index contributed by atoms with van der Waals surface area (Å²) in [5.74, 6) is 0.846. The van der Waals surface area contributed by atoms with Gasteiger partial charge in [-0.2, -0.15) is 0 Å². The first-order valence-corrected chi connectivity index (χ1v) is 9.63. The minimum absolute atomic E-state index is 0.0113. The second kappa shape index (κ2) is 11.4. The molecule has 3 N–H and O–H groups in total. The molecule has 0 spiro atoms. The fourth-order valence-electron chi connectivity index (χ4n) is 2.36. The number of guanidine groups is 1. The molecule has 0 bridgehead atoms. The molecule has 1 amide bonds. The van der Waals surface area contributed by atoms with E-state index < -0.39 is 0 Å². The van der Waals surface area contributed by atoms with Gasteiger partial charge in [-0.05, 0) is 49.6 Å². The lowest BCUT2D eigenvalue weighted by Gasteiger charge is -2.11. The lowest BCUT2D eigenvalue weighted by molar-refractivity contribution is -0.119. The molecule has 2 aromatic rings. The zero-order chi connectivity index (χ0) is 19.5. The third kappa shape index (κ3) is 7.82. The molecular weight excluding hydrogens is 415 g/mol. The summed E-state index contributed by atoms with van der Waals surface area (Å²) in [6.45, 7) is 3.60. The van der Waals surface area contributed by atoms with Crippen molar-refractivity contribution in [2.45, 2.75) is 26.3 Å². The van der Waals surface area contributed by atoms with Crippen molar-refractivity contribution in [2.75, 3.05) is 19.6 Å². The van der Waals surface area contributed by atoms with Crippen LogP contribution in [-0.2, 0) is 17.8 Å². The molecule has 0 atom stereocenters. The van der Waals surface area contributed by atoms with Crippen LogP contribution in [0.2, 0.25) is 0 Å². The SMILES string of the molecule is CCNC(=NCC(=O)NCc1ccco1)NCCCc1ccc(Br)cc1F. The first-order chi connectivity index (χ1) is 13.1. The summed E-state index contributed by atoms with van der Waals surface area (Å²) in [5.41, 5.74) is 0.680. The number of amides is 1. The molecule has 0 saturated heterocycles. The highest BCUT2D eigenvalue weighted by atomic mass is 79.9. The number of aryl methyl sites for hydroxylation is 1. The molecule has 0 aliphatic heterocycles. The summed E-state index contributed by atoms with van der Waals surface area (Å²) in [6.07, 6.45) is 2.93. The predicted molar refractivity (Wildman–Crippen MR) is 107 cm³/mol. The van der Waals surface area contributed by atoms with Crippen LogP contribution < -0.4 is 16.0 Å². The third-order valence-electron chi connectivity index (χ3n) is 3.70. The number of benzene rings is 1. The number of rotatable bonds is 9. The fraction of sp³-hybridized carbons (Fsp3) is 0.368. The van der Waals surface area contributed by atoms with Crippen LogP contribution in [0.1, 0.15) is 24.7 Å². The number of carbonyl (C=O) groups is 1. The van der Waals surface area contributed by atoms with Crippen molar-refractivity contribution in [2.24, 2.45) is 4.99 Å². The molecule has 0 aliphatic carbocycles. The minimum atomic E-state index is -0.210. The van der Waals surface area contributed by atoms with Crippen LogP contribution in [0.3, 0.4) is 0 Å². The standard InChI is InChI=1S/C19H24BrFN4O2/c1-2-22-19(25-13-18(26)24-12-16-6-4-10-27-16)23-9-3-5-14-7-8-15(20)11-17(14)21/h4,6-8,10-11H,2-3,5,9,12-13H2,1H3,(H,24,26)(H2,22,23,25). The summed E-state index contributed by atoms with van der Waals surface area (Å²) in [7, 11) is 0. The van der Waals surface area contributed by atoms with E-state index in [0.717, 1.165) is 10.9 Å². The molecule has 1 aromatic carbocycles. The molecule has 0 aliphatic rings. The second-order valence-corrected chi connectivity index (χ2v) is 6.73. The van der Waals surface area contributed by atoms with E-state index in [9.17, 15) is 9.18 Å². The number of aliphatic imine (C=N–C) groups is 1. The van der Waals surface area contributed by atoms with Crippen LogP contribution in [-0.4, -0.2) is 31.5 Å². The van der Waals surface area contributed by atoms with Crippen LogP contribution >= 0.6 is 15.9 Å². The Labute approximate surface area is 166 Å².